The zero-order valence-corrected chi connectivity index (χ0v) is 18.0. The molecule has 3 heterocycles. The van der Waals surface area contributed by atoms with Gasteiger partial charge in [-0.2, -0.15) is 0 Å². The molecule has 2 aromatic heterocycles. The standard InChI is InChI=1S/C24H20N4O5/c1-13-19(21(30)25-15-9-10-17-14(12-15)8-11-18(29)27(17)2)20-22(33-13)26-24(32)28(23(20)31)16-6-4-3-5-7-16/h3-7,9-10,12H,8,11H2,1-2H3,(H,25,30)(H,26,32). The van der Waals surface area contributed by atoms with Crippen molar-refractivity contribution in [2.24, 2.45) is 0 Å². The minimum atomic E-state index is -0.659. The predicted molar refractivity (Wildman–Crippen MR) is 123 cm³/mol. The molecule has 0 saturated carbocycles. The number of carbonyl (C=O) groups is 2. The molecule has 2 amide bonds. The molecule has 0 unspecified atom stereocenters. The Bertz CT molecular complexity index is 1550. The van der Waals surface area contributed by atoms with Crippen LogP contribution in [0.25, 0.3) is 16.8 Å². The number of para-hydroxylation sites is 1. The third-order valence-corrected chi connectivity index (χ3v) is 5.85. The van der Waals surface area contributed by atoms with Gasteiger partial charge in [-0.15, -0.1) is 0 Å². The highest BCUT2D eigenvalue weighted by atomic mass is 16.3. The van der Waals surface area contributed by atoms with Crippen molar-refractivity contribution in [2.75, 3.05) is 17.3 Å². The number of carbonyl (C=O) groups excluding carboxylic acids is 2. The third kappa shape index (κ3) is 3.34. The summed E-state index contributed by atoms with van der Waals surface area (Å²) < 4.78 is 6.52. The van der Waals surface area contributed by atoms with Crippen molar-refractivity contribution in [1.29, 1.82) is 0 Å². The lowest BCUT2D eigenvalue weighted by atomic mass is 10.0. The maximum atomic E-state index is 13.3. The highest BCUT2D eigenvalue weighted by Crippen LogP contribution is 2.30. The topological polar surface area (TPSA) is 117 Å². The normalized spacial score (nSPS) is 13.3. The molecule has 2 N–H and O–H groups in total. The molecule has 0 radical (unpaired) electrons. The molecule has 2 aromatic carbocycles. The summed E-state index contributed by atoms with van der Waals surface area (Å²) in [4.78, 5) is 55.1. The van der Waals surface area contributed by atoms with Crippen molar-refractivity contribution in [1.82, 2.24) is 9.55 Å². The number of fused-ring (bicyclic) bond motifs is 2. The molecule has 0 fully saturated rings. The first-order valence-electron chi connectivity index (χ1n) is 10.4. The molecule has 9 heteroatoms. The smallest absolute Gasteiger partial charge is 0.335 e. The number of amides is 2. The molecular weight excluding hydrogens is 424 g/mol. The Morgan fingerprint density at radius 3 is 2.58 bits per heavy atom. The van der Waals surface area contributed by atoms with E-state index in [0.29, 0.717) is 24.2 Å². The summed E-state index contributed by atoms with van der Waals surface area (Å²) >= 11 is 0. The van der Waals surface area contributed by atoms with Crippen LogP contribution in [0.3, 0.4) is 0 Å². The maximum Gasteiger partial charge on any atom is 0.335 e. The minimum absolute atomic E-state index is 0.00302. The Morgan fingerprint density at radius 1 is 1.06 bits per heavy atom. The molecule has 0 aliphatic carbocycles. The van der Waals surface area contributed by atoms with Crippen LogP contribution in [0.5, 0.6) is 0 Å². The van der Waals surface area contributed by atoms with Gasteiger partial charge in [-0.05, 0) is 49.2 Å². The fourth-order valence-corrected chi connectivity index (χ4v) is 4.21. The van der Waals surface area contributed by atoms with E-state index >= 15 is 0 Å². The number of hydrogen-bond acceptors (Lipinski definition) is 5. The number of H-pyrrole nitrogens is 1. The van der Waals surface area contributed by atoms with Crippen molar-refractivity contribution in [3.63, 3.8) is 0 Å². The summed E-state index contributed by atoms with van der Waals surface area (Å²) in [5.74, 6) is -0.275. The summed E-state index contributed by atoms with van der Waals surface area (Å²) in [5, 5.41) is 2.81. The van der Waals surface area contributed by atoms with E-state index in [1.807, 2.05) is 6.07 Å². The lowest BCUT2D eigenvalue weighted by Crippen LogP contribution is -2.34. The van der Waals surface area contributed by atoms with Crippen LogP contribution < -0.4 is 21.5 Å². The number of aromatic nitrogens is 2. The molecule has 0 bridgehead atoms. The largest absolute Gasteiger partial charge is 0.444 e. The van der Waals surface area contributed by atoms with E-state index in [-0.39, 0.29) is 28.3 Å². The number of nitrogens with zero attached hydrogens (tertiary/aromatic N) is 2. The average Bonchev–Trinajstić information content (AvgIpc) is 3.13. The summed E-state index contributed by atoms with van der Waals surface area (Å²) in [6.45, 7) is 1.56. The highest BCUT2D eigenvalue weighted by Gasteiger charge is 2.25. The van der Waals surface area contributed by atoms with Crippen molar-refractivity contribution >= 4 is 34.3 Å². The number of aromatic amines is 1. The summed E-state index contributed by atoms with van der Waals surface area (Å²) in [6, 6.07) is 13.7. The van der Waals surface area contributed by atoms with Gasteiger partial charge in [0.1, 0.15) is 11.1 Å². The first-order valence-corrected chi connectivity index (χ1v) is 10.4. The number of rotatable bonds is 3. The monoisotopic (exact) mass is 444 g/mol. The van der Waals surface area contributed by atoms with E-state index in [9.17, 15) is 19.2 Å². The number of benzene rings is 2. The van der Waals surface area contributed by atoms with Gasteiger partial charge in [0.15, 0.2) is 0 Å². The predicted octanol–water partition coefficient (Wildman–Crippen LogP) is 2.74. The number of aryl methyl sites for hydroxylation is 2. The van der Waals surface area contributed by atoms with Crippen LogP contribution in [0.2, 0.25) is 0 Å². The van der Waals surface area contributed by atoms with E-state index in [1.165, 1.54) is 0 Å². The van der Waals surface area contributed by atoms with Crippen LogP contribution in [0.1, 0.15) is 28.1 Å². The van der Waals surface area contributed by atoms with Gasteiger partial charge < -0.3 is 14.6 Å². The van der Waals surface area contributed by atoms with Gasteiger partial charge >= 0.3 is 5.69 Å². The second kappa shape index (κ2) is 7.63. The first-order chi connectivity index (χ1) is 15.8. The Balaban J connectivity index is 1.57. The average molecular weight is 444 g/mol. The Morgan fingerprint density at radius 2 is 1.82 bits per heavy atom. The molecule has 166 valence electrons. The summed E-state index contributed by atoms with van der Waals surface area (Å²) in [6.07, 6.45) is 0.984. The lowest BCUT2D eigenvalue weighted by molar-refractivity contribution is -0.118. The van der Waals surface area contributed by atoms with Crippen LogP contribution >= 0.6 is 0 Å². The van der Waals surface area contributed by atoms with Gasteiger partial charge in [-0.25, -0.2) is 9.36 Å². The van der Waals surface area contributed by atoms with E-state index in [4.69, 9.17) is 4.42 Å². The van der Waals surface area contributed by atoms with Crippen molar-refractivity contribution in [2.45, 2.75) is 19.8 Å². The minimum Gasteiger partial charge on any atom is -0.444 e. The number of anilines is 2. The molecule has 5 rings (SSSR count). The molecule has 4 aromatic rings. The van der Waals surface area contributed by atoms with Gasteiger partial charge in [-0.3, -0.25) is 19.4 Å². The quantitative estimate of drug-likeness (QED) is 0.504. The van der Waals surface area contributed by atoms with Gasteiger partial charge in [-0.1, -0.05) is 18.2 Å². The van der Waals surface area contributed by atoms with Crippen LogP contribution in [0.4, 0.5) is 11.4 Å². The molecule has 1 aliphatic heterocycles. The van der Waals surface area contributed by atoms with Gasteiger partial charge in [0, 0.05) is 24.8 Å². The van der Waals surface area contributed by atoms with Gasteiger partial charge in [0.25, 0.3) is 11.5 Å². The van der Waals surface area contributed by atoms with Crippen LogP contribution in [0, 0.1) is 6.92 Å². The van der Waals surface area contributed by atoms with Gasteiger partial charge in [0.05, 0.1) is 11.3 Å². The Kier molecular flexibility index (Phi) is 4.74. The third-order valence-electron chi connectivity index (χ3n) is 5.85. The molecule has 33 heavy (non-hydrogen) atoms. The Labute approximate surface area is 187 Å². The van der Waals surface area contributed by atoms with Gasteiger partial charge in [0.2, 0.25) is 11.6 Å². The number of furan rings is 1. The molecule has 0 spiro atoms. The fraction of sp³-hybridized carbons (Fsp3) is 0.167. The van der Waals surface area contributed by atoms with Crippen molar-refractivity contribution < 1.29 is 14.0 Å². The second-order valence-electron chi connectivity index (χ2n) is 7.89. The maximum absolute atomic E-state index is 13.3. The summed E-state index contributed by atoms with van der Waals surface area (Å²) in [5.41, 5.74) is 1.36. The van der Waals surface area contributed by atoms with Crippen LogP contribution in [-0.4, -0.2) is 28.4 Å². The zero-order chi connectivity index (χ0) is 23.3. The fourth-order valence-electron chi connectivity index (χ4n) is 4.21. The van der Waals surface area contributed by atoms with Crippen LogP contribution in [-0.2, 0) is 11.2 Å². The number of nitrogens with one attached hydrogen (secondary N) is 2. The van der Waals surface area contributed by atoms with Crippen LogP contribution in [0.15, 0.2) is 62.5 Å². The highest BCUT2D eigenvalue weighted by molar-refractivity contribution is 6.12. The van der Waals surface area contributed by atoms with E-state index in [1.54, 1.807) is 61.3 Å². The molecule has 0 saturated heterocycles. The van der Waals surface area contributed by atoms with Crippen molar-refractivity contribution in [3.05, 3.63) is 86.3 Å². The molecule has 1 aliphatic rings. The molecular formula is C24H20N4O5. The Hall–Kier alpha value is -4.40. The van der Waals surface area contributed by atoms with Crippen molar-refractivity contribution in [3.8, 4) is 5.69 Å². The second-order valence-corrected chi connectivity index (χ2v) is 7.89. The molecule has 0 atom stereocenters. The number of hydrogen-bond donors (Lipinski definition) is 2. The van der Waals surface area contributed by atoms with E-state index in [2.05, 4.69) is 10.3 Å². The first kappa shape index (κ1) is 20.5. The zero-order valence-electron chi connectivity index (χ0n) is 18.0. The summed E-state index contributed by atoms with van der Waals surface area (Å²) in [7, 11) is 1.72. The SMILES string of the molecule is Cc1oc2[nH]c(=O)n(-c3ccccc3)c(=O)c2c1C(=O)Nc1ccc2c(c1)CCC(=O)N2C. The molecule has 9 nitrogen and oxygen atoms in total. The lowest BCUT2D eigenvalue weighted by Gasteiger charge is -2.26. The van der Waals surface area contributed by atoms with E-state index < -0.39 is 17.2 Å². The van der Waals surface area contributed by atoms with E-state index in [0.717, 1.165) is 15.8 Å².